The van der Waals surface area contributed by atoms with Crippen molar-refractivity contribution in [3.8, 4) is 5.75 Å². The number of hydrogen-bond acceptors (Lipinski definition) is 13. The van der Waals surface area contributed by atoms with Crippen LogP contribution in [0, 0.1) is 0 Å². The van der Waals surface area contributed by atoms with Crippen molar-refractivity contribution in [2.24, 2.45) is 0 Å². The summed E-state index contributed by atoms with van der Waals surface area (Å²) in [5.41, 5.74) is 2.55. The summed E-state index contributed by atoms with van der Waals surface area (Å²) in [6.45, 7) is 7.80. The van der Waals surface area contributed by atoms with Crippen LogP contribution in [0.1, 0.15) is 64.6 Å². The molecule has 0 radical (unpaired) electrons. The Morgan fingerprint density at radius 1 is 1.17 bits per heavy atom. The Hall–Kier alpha value is -5.04. The van der Waals surface area contributed by atoms with Gasteiger partial charge in [0.15, 0.2) is 5.72 Å². The highest BCUT2D eigenvalue weighted by Gasteiger charge is 2.63. The van der Waals surface area contributed by atoms with Crippen molar-refractivity contribution >= 4 is 52.2 Å². The number of anilines is 1. The highest BCUT2D eigenvalue weighted by Crippen LogP contribution is 2.50. The first kappa shape index (κ1) is 47.4. The minimum absolute atomic E-state index is 0.0657. The van der Waals surface area contributed by atoms with E-state index in [0.29, 0.717) is 30.9 Å². The number of ether oxygens (including phenoxy) is 5. The average molecular weight is 894 g/mol. The average Bonchev–Trinajstić information content (AvgIpc) is 3.58. The third-order valence-electron chi connectivity index (χ3n) is 12.5. The van der Waals surface area contributed by atoms with E-state index >= 15 is 0 Å². The van der Waals surface area contributed by atoms with Gasteiger partial charge in [-0.1, -0.05) is 35.4 Å². The molecule has 342 valence electrons. The number of hydrazine groups is 1. The SMILES string of the molecule is CNN(C)Cc1cc2cccnc2n1CCC(=O)N(C)[C@@H](C)C(=O)O[C@H]1CC(=O)N(C)c2cc(cc(OC)c2Cl)C/C(C)=C/C=C/[C@@H](OC)[C@@]2(O)C[C@H](OC(=O)N2)[C@@]2(C)C[C@@]1(C)O2. The van der Waals surface area contributed by atoms with Crippen molar-refractivity contribution in [2.75, 3.05) is 47.3 Å². The predicted octanol–water partition coefficient (Wildman–Crippen LogP) is 4.66. The zero-order chi connectivity index (χ0) is 46.0. The van der Waals surface area contributed by atoms with Crippen LogP contribution >= 0.6 is 11.6 Å². The maximum Gasteiger partial charge on any atom is 0.409 e. The Morgan fingerprint density at radius 2 is 1.90 bits per heavy atom. The minimum atomic E-state index is -1.88. The summed E-state index contributed by atoms with van der Waals surface area (Å²) in [5.74, 6) is -1.15. The van der Waals surface area contributed by atoms with Crippen LogP contribution in [-0.4, -0.2) is 132 Å². The van der Waals surface area contributed by atoms with E-state index in [1.165, 1.54) is 31.1 Å². The quantitative estimate of drug-likeness (QED) is 0.179. The molecular formula is C45H60ClN7O10. The van der Waals surface area contributed by atoms with E-state index in [2.05, 4.69) is 15.7 Å². The number of rotatable bonds is 11. The fourth-order valence-corrected chi connectivity index (χ4v) is 9.05. The number of fused-ring (bicyclic) bond motifs is 7. The second kappa shape index (κ2) is 19.0. The molecule has 17 nitrogen and oxygen atoms in total. The van der Waals surface area contributed by atoms with E-state index < -0.39 is 59.3 Å². The second-order valence-corrected chi connectivity index (χ2v) is 17.6. The van der Waals surface area contributed by atoms with Gasteiger partial charge in [-0.25, -0.2) is 19.6 Å². The maximum atomic E-state index is 14.4. The molecule has 4 aliphatic rings. The predicted molar refractivity (Wildman–Crippen MR) is 236 cm³/mol. The summed E-state index contributed by atoms with van der Waals surface area (Å²) in [6, 6.07) is 8.40. The van der Waals surface area contributed by atoms with E-state index in [4.69, 9.17) is 35.3 Å². The van der Waals surface area contributed by atoms with E-state index in [-0.39, 0.29) is 36.6 Å². The van der Waals surface area contributed by atoms with Crippen molar-refractivity contribution in [2.45, 2.75) is 114 Å². The summed E-state index contributed by atoms with van der Waals surface area (Å²) >= 11 is 6.82. The van der Waals surface area contributed by atoms with Crippen LogP contribution < -0.4 is 20.4 Å². The van der Waals surface area contributed by atoms with Crippen LogP contribution in [0.25, 0.3) is 11.0 Å². The molecule has 3 aromatic rings. The van der Waals surface area contributed by atoms with Crippen molar-refractivity contribution in [3.05, 3.63) is 76.6 Å². The molecule has 18 heteroatoms. The summed E-state index contributed by atoms with van der Waals surface area (Å²) in [5, 5.41) is 17.5. The molecule has 7 atom stereocenters. The van der Waals surface area contributed by atoms with Gasteiger partial charge < -0.3 is 43.2 Å². The molecule has 0 saturated carbocycles. The van der Waals surface area contributed by atoms with E-state index in [1.807, 2.05) is 54.9 Å². The number of methoxy groups -OCH3 is 2. The Bertz CT molecular complexity index is 2270. The molecule has 3 amide bonds. The van der Waals surface area contributed by atoms with Gasteiger partial charge in [0.2, 0.25) is 11.8 Å². The van der Waals surface area contributed by atoms with Crippen molar-refractivity contribution in [1.82, 2.24) is 30.2 Å². The lowest BCUT2D eigenvalue weighted by Gasteiger charge is -2.59. The number of likely N-dealkylation sites (N-methyl/N-ethyl adjacent to an activating group) is 1. The molecule has 7 rings (SSSR count). The lowest BCUT2D eigenvalue weighted by molar-refractivity contribution is -0.328. The van der Waals surface area contributed by atoms with Crippen LogP contribution in [0.4, 0.5) is 10.5 Å². The van der Waals surface area contributed by atoms with Gasteiger partial charge >= 0.3 is 12.1 Å². The zero-order valence-corrected chi connectivity index (χ0v) is 38.4. The van der Waals surface area contributed by atoms with Gasteiger partial charge in [0, 0.05) is 71.3 Å². The number of carbonyl (C=O) groups is 4. The number of esters is 1. The third kappa shape index (κ3) is 10.0. The maximum absolute atomic E-state index is 14.4. The first-order valence-corrected chi connectivity index (χ1v) is 21.3. The number of benzene rings is 1. The Kier molecular flexibility index (Phi) is 14.3. The molecule has 63 heavy (non-hydrogen) atoms. The van der Waals surface area contributed by atoms with Gasteiger partial charge in [-0.3, -0.25) is 20.3 Å². The van der Waals surface area contributed by atoms with Crippen LogP contribution in [0.5, 0.6) is 5.75 Å². The number of hydrogen-bond donors (Lipinski definition) is 3. The summed E-state index contributed by atoms with van der Waals surface area (Å²) < 4.78 is 31.8. The van der Waals surface area contributed by atoms with Gasteiger partial charge in [0.25, 0.3) is 0 Å². The summed E-state index contributed by atoms with van der Waals surface area (Å²) in [6.07, 6.45) is 3.16. The minimum Gasteiger partial charge on any atom is -0.495 e. The lowest BCUT2D eigenvalue weighted by Crippen LogP contribution is -2.72. The molecule has 2 fully saturated rings. The molecule has 3 N–H and O–H groups in total. The fraction of sp³-hybridized carbons (Fsp3) is 0.533. The highest BCUT2D eigenvalue weighted by molar-refractivity contribution is 6.35. The number of pyridine rings is 1. The molecular weight excluding hydrogens is 834 g/mol. The van der Waals surface area contributed by atoms with Crippen LogP contribution in [0.2, 0.25) is 5.02 Å². The van der Waals surface area contributed by atoms with Crippen LogP contribution in [-0.2, 0) is 52.8 Å². The molecule has 0 unspecified atom stereocenters. The lowest BCUT2D eigenvalue weighted by atomic mass is 9.72. The standard InChI is InChI=1S/C45H60ClN7O10/c1-27-13-11-15-34(60-10)45(58)24-36(62-42(57)49-45)44(4)26-43(3,63-44)35(23-38(55)52(8)32-20-29(19-27)21-33(59-9)39(32)46)61-41(56)28(2)51(7)37(54)16-18-53-31(25-50(6)47-5)22-30-14-12-17-48-40(30)53/h11-15,17,20-22,28,34-36,47,58H,16,18-19,23-26H2,1-10H3,(H,49,57)/b15-11+,27-13+/t28-,34+,35-,36-,43+,44+,45-/m0/s1. The third-order valence-corrected chi connectivity index (χ3v) is 12.9. The molecule has 0 spiro atoms. The van der Waals surface area contributed by atoms with E-state index in [9.17, 15) is 24.3 Å². The van der Waals surface area contributed by atoms with Crippen molar-refractivity contribution in [3.63, 3.8) is 0 Å². The van der Waals surface area contributed by atoms with Crippen LogP contribution in [0.3, 0.4) is 0 Å². The summed E-state index contributed by atoms with van der Waals surface area (Å²) in [4.78, 5) is 62.6. The normalized spacial score (nSPS) is 28.3. The number of aliphatic hydroxyl groups is 1. The second-order valence-electron chi connectivity index (χ2n) is 17.2. The molecule has 6 heterocycles. The first-order chi connectivity index (χ1) is 29.7. The Balaban J connectivity index is 1.28. The Labute approximate surface area is 373 Å². The number of allylic oxidation sites excluding steroid dienone is 3. The monoisotopic (exact) mass is 893 g/mol. The van der Waals surface area contributed by atoms with Gasteiger partial charge in [0.1, 0.15) is 52.0 Å². The number of nitrogens with zero attached hydrogens (tertiary/aromatic N) is 5. The molecule has 0 aliphatic carbocycles. The zero-order valence-electron chi connectivity index (χ0n) is 37.7. The van der Waals surface area contributed by atoms with Gasteiger partial charge in [-0.05, 0) is 77.1 Å². The highest BCUT2D eigenvalue weighted by atomic mass is 35.5. The summed E-state index contributed by atoms with van der Waals surface area (Å²) in [7, 11) is 9.77. The topological polar surface area (TPSA) is 186 Å². The number of halogens is 1. The molecule has 2 aromatic heterocycles. The number of amides is 3. The molecule has 6 bridgehead atoms. The Morgan fingerprint density at radius 3 is 2.59 bits per heavy atom. The number of aryl methyl sites for hydroxylation is 1. The molecule has 1 aromatic carbocycles. The smallest absolute Gasteiger partial charge is 0.409 e. The number of carbonyl (C=O) groups excluding carboxylic acids is 4. The van der Waals surface area contributed by atoms with E-state index in [1.54, 1.807) is 58.3 Å². The number of nitrogens with one attached hydrogen (secondary N) is 2. The first-order valence-electron chi connectivity index (χ1n) is 20.9. The van der Waals surface area contributed by atoms with E-state index in [0.717, 1.165) is 27.9 Å². The van der Waals surface area contributed by atoms with Crippen molar-refractivity contribution < 1.29 is 48.0 Å². The van der Waals surface area contributed by atoms with Gasteiger partial charge in [0.05, 0.1) is 25.8 Å². The van der Waals surface area contributed by atoms with Gasteiger partial charge in [-0.15, -0.1) is 0 Å². The fourth-order valence-electron chi connectivity index (χ4n) is 8.74. The van der Waals surface area contributed by atoms with Crippen LogP contribution in [0.15, 0.2) is 60.3 Å². The number of alkyl carbamates (subject to hydrolysis) is 1. The molecule has 2 saturated heterocycles. The number of aromatic nitrogens is 2. The van der Waals surface area contributed by atoms with Crippen molar-refractivity contribution in [1.29, 1.82) is 0 Å². The largest absolute Gasteiger partial charge is 0.495 e. The van der Waals surface area contributed by atoms with Gasteiger partial charge in [-0.2, -0.15) is 0 Å². The molecule has 4 aliphatic heterocycles.